The van der Waals surface area contributed by atoms with E-state index in [0.717, 1.165) is 30.1 Å². The van der Waals surface area contributed by atoms with Crippen LogP contribution in [0.2, 0.25) is 0 Å². The van der Waals surface area contributed by atoms with E-state index in [4.69, 9.17) is 15.7 Å². The summed E-state index contributed by atoms with van der Waals surface area (Å²) in [6.07, 6.45) is 4.08. The van der Waals surface area contributed by atoms with Crippen molar-refractivity contribution in [3.05, 3.63) is 23.8 Å². The monoisotopic (exact) mass is 258 g/mol. The Morgan fingerprint density at radius 1 is 1.32 bits per heavy atom. The Balaban J connectivity index is 2.03. The normalized spacial score (nSPS) is 26.7. The van der Waals surface area contributed by atoms with Gasteiger partial charge in [0.25, 0.3) is 0 Å². The maximum absolute atomic E-state index is 8.77. The molecule has 2 N–H and O–H groups in total. The van der Waals surface area contributed by atoms with Crippen molar-refractivity contribution < 1.29 is 4.74 Å². The van der Waals surface area contributed by atoms with E-state index in [9.17, 15) is 0 Å². The van der Waals surface area contributed by atoms with Crippen molar-refractivity contribution in [2.45, 2.75) is 45.6 Å². The molecule has 1 fully saturated rings. The predicted molar refractivity (Wildman–Crippen MR) is 76.8 cm³/mol. The van der Waals surface area contributed by atoms with E-state index >= 15 is 0 Å². The molecule has 0 radical (unpaired) electrons. The molecule has 1 aliphatic rings. The number of hydrogen-bond acceptors (Lipinski definition) is 3. The number of nitriles is 1. The third kappa shape index (κ3) is 3.41. The maximum atomic E-state index is 8.77. The fourth-order valence-corrected chi connectivity index (χ4v) is 2.69. The van der Waals surface area contributed by atoms with Crippen LogP contribution in [0.5, 0.6) is 5.75 Å². The molecule has 3 heteroatoms. The van der Waals surface area contributed by atoms with Crippen molar-refractivity contribution >= 4 is 5.69 Å². The van der Waals surface area contributed by atoms with Crippen molar-refractivity contribution in [3.63, 3.8) is 0 Å². The molecule has 0 aliphatic heterocycles. The molecule has 3 atom stereocenters. The Morgan fingerprint density at radius 2 is 2.11 bits per heavy atom. The lowest BCUT2D eigenvalue weighted by molar-refractivity contribution is 0.101. The van der Waals surface area contributed by atoms with Gasteiger partial charge in [-0.3, -0.25) is 0 Å². The minimum atomic E-state index is 0.296. The van der Waals surface area contributed by atoms with Crippen LogP contribution in [-0.2, 0) is 6.42 Å². The molecular formula is C16H22N2O. The minimum absolute atomic E-state index is 0.296. The highest BCUT2D eigenvalue weighted by molar-refractivity contribution is 5.51. The van der Waals surface area contributed by atoms with Crippen molar-refractivity contribution in [1.82, 2.24) is 0 Å². The van der Waals surface area contributed by atoms with Gasteiger partial charge in [-0.1, -0.05) is 13.8 Å². The fourth-order valence-electron chi connectivity index (χ4n) is 2.69. The number of ether oxygens (including phenoxy) is 1. The van der Waals surface area contributed by atoms with E-state index in [1.807, 2.05) is 18.2 Å². The van der Waals surface area contributed by atoms with Crippen LogP contribution in [0.15, 0.2) is 18.2 Å². The molecule has 0 aromatic heterocycles. The van der Waals surface area contributed by atoms with Crippen LogP contribution in [0, 0.1) is 23.2 Å². The first-order valence-electron chi connectivity index (χ1n) is 7.02. The summed E-state index contributed by atoms with van der Waals surface area (Å²) in [7, 11) is 0. The number of benzene rings is 1. The van der Waals surface area contributed by atoms with Crippen molar-refractivity contribution in [3.8, 4) is 11.8 Å². The average molecular weight is 258 g/mol. The average Bonchev–Trinajstić information content (AvgIpc) is 2.38. The molecule has 1 aromatic rings. The second-order valence-corrected chi connectivity index (χ2v) is 5.70. The zero-order valence-corrected chi connectivity index (χ0v) is 11.7. The topological polar surface area (TPSA) is 59.0 Å². The molecule has 0 spiro atoms. The highest BCUT2D eigenvalue weighted by Gasteiger charge is 2.25. The van der Waals surface area contributed by atoms with Gasteiger partial charge in [-0.25, -0.2) is 0 Å². The number of nitrogens with zero attached hydrogens (tertiary/aromatic N) is 1. The first-order chi connectivity index (χ1) is 9.10. The Kier molecular flexibility index (Phi) is 4.31. The summed E-state index contributed by atoms with van der Waals surface area (Å²) in [6.45, 7) is 4.61. The summed E-state index contributed by atoms with van der Waals surface area (Å²) >= 11 is 0. The molecular weight excluding hydrogens is 236 g/mol. The summed E-state index contributed by atoms with van der Waals surface area (Å²) in [5, 5.41) is 8.77. The highest BCUT2D eigenvalue weighted by Crippen LogP contribution is 2.32. The zero-order chi connectivity index (χ0) is 13.8. The molecule has 0 bridgehead atoms. The van der Waals surface area contributed by atoms with Crippen LogP contribution in [0.25, 0.3) is 0 Å². The van der Waals surface area contributed by atoms with Gasteiger partial charge in [0.2, 0.25) is 0 Å². The number of hydrogen-bond donors (Lipinski definition) is 1. The molecule has 1 aliphatic carbocycles. The van der Waals surface area contributed by atoms with Crippen LogP contribution in [0.3, 0.4) is 0 Å². The van der Waals surface area contributed by atoms with E-state index in [0.29, 0.717) is 24.1 Å². The third-order valence-electron chi connectivity index (χ3n) is 4.24. The molecule has 0 amide bonds. The van der Waals surface area contributed by atoms with Crippen molar-refractivity contribution in [2.75, 3.05) is 5.73 Å². The van der Waals surface area contributed by atoms with Crippen molar-refractivity contribution in [2.24, 2.45) is 11.8 Å². The van der Waals surface area contributed by atoms with Gasteiger partial charge in [0.1, 0.15) is 5.75 Å². The van der Waals surface area contributed by atoms with Gasteiger partial charge in [-0.2, -0.15) is 5.26 Å². The van der Waals surface area contributed by atoms with Gasteiger partial charge >= 0.3 is 0 Å². The van der Waals surface area contributed by atoms with Crippen molar-refractivity contribution in [1.29, 1.82) is 5.26 Å². The zero-order valence-electron chi connectivity index (χ0n) is 11.7. The molecule has 1 aromatic carbocycles. The molecule has 0 heterocycles. The fraction of sp³-hybridized carbons (Fsp3) is 0.562. The summed E-state index contributed by atoms with van der Waals surface area (Å²) in [6, 6.07) is 7.77. The minimum Gasteiger partial charge on any atom is -0.490 e. The Bertz CT molecular complexity index is 478. The lowest BCUT2D eigenvalue weighted by Crippen LogP contribution is -2.28. The number of rotatable bonds is 3. The van der Waals surface area contributed by atoms with E-state index < -0.39 is 0 Å². The molecule has 102 valence electrons. The van der Waals surface area contributed by atoms with Gasteiger partial charge in [0.05, 0.1) is 18.6 Å². The largest absolute Gasteiger partial charge is 0.490 e. The Hall–Kier alpha value is -1.69. The van der Waals surface area contributed by atoms with Gasteiger partial charge in [0, 0.05) is 5.69 Å². The maximum Gasteiger partial charge on any atom is 0.120 e. The van der Waals surface area contributed by atoms with Crippen LogP contribution >= 0.6 is 0 Å². The SMILES string of the molecule is CC1CCC(Oc2ccc(N)c(CC#N)c2)CC1C. The van der Waals surface area contributed by atoms with Crippen LogP contribution < -0.4 is 10.5 Å². The molecule has 2 rings (SSSR count). The quantitative estimate of drug-likeness (QED) is 0.844. The van der Waals surface area contributed by atoms with Crippen LogP contribution in [0.4, 0.5) is 5.69 Å². The predicted octanol–water partition coefficient (Wildman–Crippen LogP) is 3.54. The van der Waals surface area contributed by atoms with Crippen LogP contribution in [0.1, 0.15) is 38.7 Å². The smallest absolute Gasteiger partial charge is 0.120 e. The number of anilines is 1. The summed E-state index contributed by atoms with van der Waals surface area (Å²) < 4.78 is 6.05. The first-order valence-corrected chi connectivity index (χ1v) is 7.02. The molecule has 19 heavy (non-hydrogen) atoms. The number of nitrogen functional groups attached to an aromatic ring is 1. The number of nitrogens with two attached hydrogens (primary N) is 1. The lowest BCUT2D eigenvalue weighted by Gasteiger charge is -2.32. The second-order valence-electron chi connectivity index (χ2n) is 5.70. The van der Waals surface area contributed by atoms with E-state index in [-0.39, 0.29) is 0 Å². The Morgan fingerprint density at radius 3 is 2.79 bits per heavy atom. The molecule has 1 saturated carbocycles. The van der Waals surface area contributed by atoms with Gasteiger partial charge in [-0.05, 0) is 54.9 Å². The second kappa shape index (κ2) is 5.97. The molecule has 3 nitrogen and oxygen atoms in total. The van der Waals surface area contributed by atoms with Crippen LogP contribution in [-0.4, -0.2) is 6.10 Å². The Labute approximate surface area is 115 Å². The van der Waals surface area contributed by atoms with E-state index in [2.05, 4.69) is 19.9 Å². The van der Waals surface area contributed by atoms with Gasteiger partial charge in [0.15, 0.2) is 0 Å². The molecule has 0 saturated heterocycles. The summed E-state index contributed by atoms with van der Waals surface area (Å²) in [5.74, 6) is 2.35. The summed E-state index contributed by atoms with van der Waals surface area (Å²) in [5.41, 5.74) is 7.37. The van der Waals surface area contributed by atoms with E-state index in [1.54, 1.807) is 0 Å². The molecule has 3 unspecified atom stereocenters. The standard InChI is InChI=1S/C16H22N2O/c1-11-3-4-14(9-12(11)2)19-15-5-6-16(18)13(10-15)7-8-17/h5-6,10-12,14H,3-4,7,9,18H2,1-2H3. The highest BCUT2D eigenvalue weighted by atomic mass is 16.5. The third-order valence-corrected chi connectivity index (χ3v) is 4.24. The van der Waals surface area contributed by atoms with E-state index in [1.165, 1.54) is 6.42 Å². The van der Waals surface area contributed by atoms with Gasteiger partial charge in [-0.15, -0.1) is 0 Å². The lowest BCUT2D eigenvalue weighted by atomic mass is 9.80. The summed E-state index contributed by atoms with van der Waals surface area (Å²) in [4.78, 5) is 0. The first kappa shape index (κ1) is 13.7. The van der Waals surface area contributed by atoms with Gasteiger partial charge < -0.3 is 10.5 Å².